The molecule has 0 bridgehead atoms. The highest BCUT2D eigenvalue weighted by Gasteiger charge is 1.97. The minimum Gasteiger partial charge on any atom is -0.253 e. The number of fused-ring (bicyclic) bond motifs is 1. The van der Waals surface area contributed by atoms with Crippen LogP contribution in [0.25, 0.3) is 10.9 Å². The van der Waals surface area contributed by atoms with Gasteiger partial charge >= 0.3 is 0 Å². The first kappa shape index (κ1) is 9.20. The number of aromatic nitrogens is 1. The summed E-state index contributed by atoms with van der Waals surface area (Å²) in [5.41, 5.74) is 2.21. The van der Waals surface area contributed by atoms with Crippen molar-refractivity contribution in [2.45, 2.75) is 26.2 Å². The lowest BCUT2D eigenvalue weighted by Crippen LogP contribution is -1.90. The Labute approximate surface area is 84.8 Å². The molecule has 1 aromatic heterocycles. The van der Waals surface area contributed by atoms with Gasteiger partial charge in [0.1, 0.15) is 0 Å². The third-order valence-electron chi connectivity index (χ3n) is 2.35. The van der Waals surface area contributed by atoms with Crippen LogP contribution in [0.4, 0.5) is 0 Å². The first-order valence-electron chi connectivity index (χ1n) is 5.16. The van der Waals surface area contributed by atoms with Crippen LogP contribution in [0.1, 0.15) is 25.5 Å². The van der Waals surface area contributed by atoms with E-state index in [4.69, 9.17) is 0 Å². The molecule has 2 aromatic rings. The second-order valence-electron chi connectivity index (χ2n) is 3.51. The lowest BCUT2D eigenvalue weighted by Gasteiger charge is -2.00. The molecule has 14 heavy (non-hydrogen) atoms. The zero-order valence-electron chi connectivity index (χ0n) is 8.46. The van der Waals surface area contributed by atoms with E-state index in [9.17, 15) is 0 Å². The second kappa shape index (κ2) is 4.23. The Morgan fingerprint density at radius 1 is 1.29 bits per heavy atom. The van der Waals surface area contributed by atoms with Crippen molar-refractivity contribution in [3.8, 4) is 0 Å². The van der Waals surface area contributed by atoms with Gasteiger partial charge in [0.05, 0.1) is 5.52 Å². The number of rotatable bonds is 3. The third-order valence-corrected chi connectivity index (χ3v) is 2.35. The molecule has 1 aromatic carbocycles. The maximum absolute atomic E-state index is 4.58. The second-order valence-corrected chi connectivity index (χ2v) is 3.51. The molecule has 2 rings (SSSR count). The predicted molar refractivity (Wildman–Crippen MR) is 59.2 cm³/mol. The largest absolute Gasteiger partial charge is 0.253 e. The van der Waals surface area contributed by atoms with Gasteiger partial charge in [-0.2, -0.15) is 0 Å². The fraction of sp³-hybridized carbons (Fsp3) is 0.308. The average Bonchev–Trinajstić information content (AvgIpc) is 2.26. The number of unbranched alkanes of at least 4 members (excludes halogenated alkanes) is 1. The van der Waals surface area contributed by atoms with Crippen LogP contribution in [0.15, 0.2) is 30.3 Å². The monoisotopic (exact) mass is 184 g/mol. The van der Waals surface area contributed by atoms with E-state index in [1.165, 1.54) is 12.8 Å². The highest BCUT2D eigenvalue weighted by atomic mass is 14.7. The van der Waals surface area contributed by atoms with Crippen molar-refractivity contribution >= 4 is 10.9 Å². The van der Waals surface area contributed by atoms with Gasteiger partial charge < -0.3 is 0 Å². The van der Waals surface area contributed by atoms with Crippen molar-refractivity contribution in [2.24, 2.45) is 0 Å². The Balaban J connectivity index is 2.32. The van der Waals surface area contributed by atoms with E-state index in [0.717, 1.165) is 23.0 Å². The van der Waals surface area contributed by atoms with Gasteiger partial charge in [0, 0.05) is 11.1 Å². The standard InChI is InChI=1S/C13H14N/c1-2-3-7-12-10-9-11-6-4-5-8-13(11)14-12/h4-6,8,10H,2-3,7H2,1H3. The van der Waals surface area contributed by atoms with Gasteiger partial charge in [-0.15, -0.1) is 0 Å². The Morgan fingerprint density at radius 3 is 3.00 bits per heavy atom. The molecule has 0 atom stereocenters. The molecule has 0 fully saturated rings. The molecule has 0 aliphatic carbocycles. The summed E-state index contributed by atoms with van der Waals surface area (Å²) in [6.45, 7) is 2.20. The van der Waals surface area contributed by atoms with Crippen LogP contribution in [-0.4, -0.2) is 4.98 Å². The first-order valence-corrected chi connectivity index (χ1v) is 5.16. The van der Waals surface area contributed by atoms with Crippen LogP contribution < -0.4 is 0 Å². The Kier molecular flexibility index (Phi) is 2.78. The van der Waals surface area contributed by atoms with E-state index < -0.39 is 0 Å². The van der Waals surface area contributed by atoms with E-state index in [1.807, 2.05) is 30.3 Å². The summed E-state index contributed by atoms with van der Waals surface area (Å²) < 4.78 is 0. The summed E-state index contributed by atoms with van der Waals surface area (Å²) in [7, 11) is 0. The molecule has 0 saturated heterocycles. The molecule has 1 nitrogen and oxygen atoms in total. The van der Waals surface area contributed by atoms with Gasteiger partial charge in [0.15, 0.2) is 0 Å². The van der Waals surface area contributed by atoms with Crippen molar-refractivity contribution in [2.75, 3.05) is 0 Å². The van der Waals surface area contributed by atoms with Gasteiger partial charge in [-0.1, -0.05) is 31.5 Å². The molecule has 1 heteroatoms. The van der Waals surface area contributed by atoms with Crippen molar-refractivity contribution in [1.29, 1.82) is 0 Å². The van der Waals surface area contributed by atoms with Gasteiger partial charge in [0.25, 0.3) is 0 Å². The molecular formula is C13H14N. The van der Waals surface area contributed by atoms with Crippen molar-refractivity contribution in [3.63, 3.8) is 0 Å². The number of benzene rings is 1. The van der Waals surface area contributed by atoms with Gasteiger partial charge in [-0.25, -0.2) is 0 Å². The van der Waals surface area contributed by atoms with Crippen molar-refractivity contribution in [3.05, 3.63) is 42.1 Å². The lowest BCUT2D eigenvalue weighted by atomic mass is 10.1. The molecule has 0 aliphatic rings. The normalized spacial score (nSPS) is 10.6. The fourth-order valence-electron chi connectivity index (χ4n) is 1.53. The zero-order valence-corrected chi connectivity index (χ0v) is 8.46. The molecule has 1 heterocycles. The average molecular weight is 184 g/mol. The molecule has 0 N–H and O–H groups in total. The van der Waals surface area contributed by atoms with E-state index in [1.54, 1.807) is 0 Å². The highest BCUT2D eigenvalue weighted by molar-refractivity contribution is 5.77. The number of nitrogens with zero attached hydrogens (tertiary/aromatic N) is 1. The van der Waals surface area contributed by atoms with E-state index >= 15 is 0 Å². The Hall–Kier alpha value is -1.37. The maximum Gasteiger partial charge on any atom is 0.0711 e. The molecule has 0 saturated carbocycles. The van der Waals surface area contributed by atoms with Gasteiger partial charge in [-0.05, 0) is 31.0 Å². The summed E-state index contributed by atoms with van der Waals surface area (Å²) >= 11 is 0. The van der Waals surface area contributed by atoms with Crippen LogP contribution in [0.5, 0.6) is 0 Å². The number of para-hydroxylation sites is 1. The van der Waals surface area contributed by atoms with Gasteiger partial charge in [0.2, 0.25) is 0 Å². The molecule has 0 unspecified atom stereocenters. The quantitative estimate of drug-likeness (QED) is 0.712. The molecule has 71 valence electrons. The Bertz CT molecular complexity index is 420. The molecule has 0 spiro atoms. The summed E-state index contributed by atoms with van der Waals surface area (Å²) in [4.78, 5) is 4.58. The summed E-state index contributed by atoms with van der Waals surface area (Å²) in [6.07, 6.45) is 3.49. The topological polar surface area (TPSA) is 12.9 Å². The van der Waals surface area contributed by atoms with Crippen LogP contribution in [0, 0.1) is 6.07 Å². The first-order chi connectivity index (χ1) is 6.90. The van der Waals surface area contributed by atoms with E-state index in [2.05, 4.69) is 18.0 Å². The smallest absolute Gasteiger partial charge is 0.0711 e. The number of pyridine rings is 1. The van der Waals surface area contributed by atoms with E-state index in [-0.39, 0.29) is 0 Å². The van der Waals surface area contributed by atoms with E-state index in [0.29, 0.717) is 0 Å². The highest BCUT2D eigenvalue weighted by Crippen LogP contribution is 2.12. The summed E-state index contributed by atoms with van der Waals surface area (Å²) in [5, 5.41) is 1.10. The van der Waals surface area contributed by atoms with Crippen LogP contribution in [-0.2, 0) is 6.42 Å². The molecule has 1 radical (unpaired) electrons. The summed E-state index contributed by atoms with van der Waals surface area (Å²) in [5.74, 6) is 0. The predicted octanol–water partition coefficient (Wildman–Crippen LogP) is 3.38. The maximum atomic E-state index is 4.58. The van der Waals surface area contributed by atoms with Crippen LogP contribution in [0.3, 0.4) is 0 Å². The lowest BCUT2D eigenvalue weighted by molar-refractivity contribution is 0.779. The fourth-order valence-corrected chi connectivity index (χ4v) is 1.53. The number of hydrogen-bond donors (Lipinski definition) is 0. The number of aryl methyl sites for hydroxylation is 1. The molecular weight excluding hydrogens is 170 g/mol. The molecule has 0 amide bonds. The molecule has 0 aliphatic heterocycles. The van der Waals surface area contributed by atoms with Crippen molar-refractivity contribution in [1.82, 2.24) is 4.98 Å². The number of hydrogen-bond acceptors (Lipinski definition) is 1. The van der Waals surface area contributed by atoms with Crippen LogP contribution >= 0.6 is 0 Å². The zero-order chi connectivity index (χ0) is 9.80. The van der Waals surface area contributed by atoms with Crippen molar-refractivity contribution < 1.29 is 0 Å². The SMILES string of the molecule is CCCCc1c[c]c2ccccc2n1. The minimum atomic E-state index is 1.06. The Morgan fingerprint density at radius 2 is 2.14 bits per heavy atom. The third kappa shape index (κ3) is 1.92. The minimum absolute atomic E-state index is 1.06. The summed E-state index contributed by atoms with van der Waals surface area (Å²) in [6, 6.07) is 13.4. The van der Waals surface area contributed by atoms with Gasteiger partial charge in [-0.3, -0.25) is 4.98 Å². The van der Waals surface area contributed by atoms with Crippen LogP contribution in [0.2, 0.25) is 0 Å².